The highest BCUT2D eigenvalue weighted by atomic mass is 35.5. The zero-order valence-electron chi connectivity index (χ0n) is 13.9. The van der Waals surface area contributed by atoms with Crippen LogP contribution in [0, 0.1) is 6.92 Å². The van der Waals surface area contributed by atoms with Crippen molar-refractivity contribution < 1.29 is 4.79 Å². The lowest BCUT2D eigenvalue weighted by molar-refractivity contribution is 0.0936. The molecule has 1 atom stereocenters. The Hall–Kier alpha value is -2.59. The molecule has 126 valence electrons. The van der Waals surface area contributed by atoms with Crippen LogP contribution in [0.4, 0.5) is 0 Å². The van der Waals surface area contributed by atoms with Gasteiger partial charge < -0.3 is 5.32 Å². The van der Waals surface area contributed by atoms with Crippen molar-refractivity contribution in [2.75, 3.05) is 0 Å². The summed E-state index contributed by atoms with van der Waals surface area (Å²) in [4.78, 5) is 12.8. The number of carbonyl (C=O) groups excluding carboxylic acids is 1. The van der Waals surface area contributed by atoms with Crippen LogP contribution in [0.5, 0.6) is 0 Å². The molecule has 0 saturated carbocycles. The first kappa shape index (κ1) is 15.9. The number of hydrogen-bond acceptors (Lipinski definition) is 2. The van der Waals surface area contributed by atoms with E-state index >= 15 is 0 Å². The van der Waals surface area contributed by atoms with Gasteiger partial charge in [0, 0.05) is 0 Å². The summed E-state index contributed by atoms with van der Waals surface area (Å²) in [6.07, 6.45) is 1.89. The van der Waals surface area contributed by atoms with Crippen LogP contribution in [0.3, 0.4) is 0 Å². The number of nitrogens with one attached hydrogen (secondary N) is 1. The highest BCUT2D eigenvalue weighted by Crippen LogP contribution is 2.32. The fraction of sp³-hybridized carbons (Fsp3) is 0.200. The third-order valence-corrected chi connectivity index (χ3v) is 5.02. The van der Waals surface area contributed by atoms with E-state index in [0.717, 1.165) is 18.5 Å². The van der Waals surface area contributed by atoms with Gasteiger partial charge in [-0.05, 0) is 43.0 Å². The summed E-state index contributed by atoms with van der Waals surface area (Å²) >= 11 is 6.48. The zero-order chi connectivity index (χ0) is 17.4. The lowest BCUT2D eigenvalue weighted by atomic mass is 10.1. The SMILES string of the molecule is Cc1nn(-c2ccccc2)c(Cl)c1C(=O)NC1CCc2ccccc21. The minimum Gasteiger partial charge on any atom is -0.345 e. The molecule has 0 saturated heterocycles. The van der Waals surface area contributed by atoms with Crippen molar-refractivity contribution in [3.63, 3.8) is 0 Å². The zero-order valence-corrected chi connectivity index (χ0v) is 14.6. The summed E-state index contributed by atoms with van der Waals surface area (Å²) in [5, 5.41) is 7.91. The number of aromatic nitrogens is 2. The van der Waals surface area contributed by atoms with Gasteiger partial charge in [0.2, 0.25) is 0 Å². The lowest BCUT2D eigenvalue weighted by Crippen LogP contribution is -2.27. The smallest absolute Gasteiger partial charge is 0.256 e. The van der Waals surface area contributed by atoms with Gasteiger partial charge in [0.1, 0.15) is 5.15 Å². The van der Waals surface area contributed by atoms with Crippen LogP contribution in [-0.4, -0.2) is 15.7 Å². The predicted octanol–water partition coefficient (Wildman–Crippen LogP) is 4.25. The molecule has 4 nitrogen and oxygen atoms in total. The Morgan fingerprint density at radius 2 is 1.88 bits per heavy atom. The number of fused-ring (bicyclic) bond motifs is 1. The number of hydrogen-bond donors (Lipinski definition) is 1. The second-order valence-electron chi connectivity index (χ2n) is 6.26. The molecule has 1 amide bonds. The molecule has 0 bridgehead atoms. The number of aryl methyl sites for hydroxylation is 2. The van der Waals surface area contributed by atoms with E-state index in [2.05, 4.69) is 22.5 Å². The summed E-state index contributed by atoms with van der Waals surface area (Å²) in [7, 11) is 0. The summed E-state index contributed by atoms with van der Waals surface area (Å²) < 4.78 is 1.61. The van der Waals surface area contributed by atoms with E-state index in [4.69, 9.17) is 11.6 Å². The Morgan fingerprint density at radius 1 is 1.16 bits per heavy atom. The van der Waals surface area contributed by atoms with Crippen molar-refractivity contribution in [3.8, 4) is 5.69 Å². The highest BCUT2D eigenvalue weighted by Gasteiger charge is 2.27. The van der Waals surface area contributed by atoms with Gasteiger partial charge in [-0.3, -0.25) is 4.79 Å². The molecule has 0 fully saturated rings. The summed E-state index contributed by atoms with van der Waals surface area (Å²) in [6, 6.07) is 17.8. The van der Waals surface area contributed by atoms with Gasteiger partial charge in [0.15, 0.2) is 0 Å². The predicted molar refractivity (Wildman–Crippen MR) is 98.3 cm³/mol. The van der Waals surface area contributed by atoms with Crippen molar-refractivity contribution in [3.05, 3.63) is 82.1 Å². The van der Waals surface area contributed by atoms with Crippen LogP contribution in [0.25, 0.3) is 5.69 Å². The van der Waals surface area contributed by atoms with Crippen molar-refractivity contribution in [2.45, 2.75) is 25.8 Å². The Kier molecular flexibility index (Phi) is 4.06. The fourth-order valence-corrected chi connectivity index (χ4v) is 3.79. The Bertz CT molecular complexity index is 933. The van der Waals surface area contributed by atoms with E-state index in [-0.39, 0.29) is 11.9 Å². The maximum Gasteiger partial charge on any atom is 0.256 e. The Labute approximate surface area is 151 Å². The van der Waals surface area contributed by atoms with Gasteiger partial charge in [0.05, 0.1) is 23.0 Å². The minimum atomic E-state index is -0.175. The number of nitrogens with zero attached hydrogens (tertiary/aromatic N) is 2. The normalized spacial score (nSPS) is 15.8. The third kappa shape index (κ3) is 2.83. The topological polar surface area (TPSA) is 46.9 Å². The van der Waals surface area contributed by atoms with Crippen molar-refractivity contribution >= 4 is 17.5 Å². The molecular weight excluding hydrogens is 334 g/mol. The second-order valence-corrected chi connectivity index (χ2v) is 6.62. The molecule has 4 rings (SSSR count). The van der Waals surface area contributed by atoms with Gasteiger partial charge >= 0.3 is 0 Å². The average molecular weight is 352 g/mol. The molecule has 25 heavy (non-hydrogen) atoms. The first-order chi connectivity index (χ1) is 12.1. The molecule has 1 aliphatic rings. The maximum atomic E-state index is 12.8. The monoisotopic (exact) mass is 351 g/mol. The van der Waals surface area contributed by atoms with E-state index in [1.807, 2.05) is 49.4 Å². The molecule has 1 unspecified atom stereocenters. The molecule has 2 aromatic carbocycles. The molecule has 0 spiro atoms. The molecule has 0 aliphatic heterocycles. The van der Waals surface area contributed by atoms with Gasteiger partial charge in [-0.25, -0.2) is 4.68 Å². The van der Waals surface area contributed by atoms with Crippen LogP contribution in [0.1, 0.15) is 39.6 Å². The lowest BCUT2D eigenvalue weighted by Gasteiger charge is -2.14. The number of carbonyl (C=O) groups is 1. The molecule has 5 heteroatoms. The minimum absolute atomic E-state index is 0.0271. The summed E-state index contributed by atoms with van der Waals surface area (Å²) in [5.41, 5.74) is 4.39. The van der Waals surface area contributed by atoms with Crippen molar-refractivity contribution in [1.82, 2.24) is 15.1 Å². The van der Waals surface area contributed by atoms with E-state index in [1.54, 1.807) is 4.68 Å². The quantitative estimate of drug-likeness (QED) is 0.766. The van der Waals surface area contributed by atoms with Crippen molar-refractivity contribution in [1.29, 1.82) is 0 Å². The molecule has 3 aromatic rings. The number of rotatable bonds is 3. The number of para-hydroxylation sites is 1. The van der Waals surface area contributed by atoms with Crippen molar-refractivity contribution in [2.24, 2.45) is 0 Å². The van der Waals surface area contributed by atoms with E-state index in [9.17, 15) is 4.79 Å². The third-order valence-electron chi connectivity index (χ3n) is 4.67. The Morgan fingerprint density at radius 3 is 2.68 bits per heavy atom. The van der Waals surface area contributed by atoms with Crippen LogP contribution < -0.4 is 5.32 Å². The summed E-state index contributed by atoms with van der Waals surface area (Å²) in [5.74, 6) is -0.175. The first-order valence-electron chi connectivity index (χ1n) is 8.34. The molecule has 1 heterocycles. The number of amides is 1. The first-order valence-corrected chi connectivity index (χ1v) is 8.72. The summed E-state index contributed by atoms with van der Waals surface area (Å²) in [6.45, 7) is 1.81. The van der Waals surface area contributed by atoms with E-state index in [0.29, 0.717) is 16.4 Å². The highest BCUT2D eigenvalue weighted by molar-refractivity contribution is 6.33. The largest absolute Gasteiger partial charge is 0.345 e. The second kappa shape index (κ2) is 6.37. The standard InChI is InChI=1S/C20H18ClN3O/c1-13-18(19(21)24(23-13)15-8-3-2-4-9-15)20(25)22-17-12-11-14-7-5-6-10-16(14)17/h2-10,17H,11-12H2,1H3,(H,22,25). The van der Waals surface area contributed by atoms with E-state index < -0.39 is 0 Å². The van der Waals surface area contributed by atoms with Crippen LogP contribution in [0.15, 0.2) is 54.6 Å². The molecule has 1 N–H and O–H groups in total. The van der Waals surface area contributed by atoms with Gasteiger partial charge in [-0.15, -0.1) is 0 Å². The van der Waals surface area contributed by atoms with Gasteiger partial charge in [0.25, 0.3) is 5.91 Å². The number of benzene rings is 2. The maximum absolute atomic E-state index is 12.8. The number of halogens is 1. The Balaban J connectivity index is 1.63. The molecular formula is C20H18ClN3O. The molecule has 1 aromatic heterocycles. The van der Waals surface area contributed by atoms with Crippen LogP contribution >= 0.6 is 11.6 Å². The van der Waals surface area contributed by atoms with E-state index in [1.165, 1.54) is 11.1 Å². The van der Waals surface area contributed by atoms with Crippen LogP contribution in [-0.2, 0) is 6.42 Å². The van der Waals surface area contributed by atoms with Gasteiger partial charge in [-0.2, -0.15) is 5.10 Å². The van der Waals surface area contributed by atoms with Gasteiger partial charge in [-0.1, -0.05) is 54.1 Å². The average Bonchev–Trinajstić information content (AvgIpc) is 3.16. The molecule has 0 radical (unpaired) electrons. The fourth-order valence-electron chi connectivity index (χ4n) is 3.43. The molecule has 1 aliphatic carbocycles. The van der Waals surface area contributed by atoms with Crippen LogP contribution in [0.2, 0.25) is 5.15 Å².